The normalized spacial score (nSPS) is 18.6. The first-order valence-electron chi connectivity index (χ1n) is 10.7. The van der Waals surface area contributed by atoms with Crippen LogP contribution in [0.25, 0.3) is 0 Å². The lowest BCUT2D eigenvalue weighted by Gasteiger charge is -2.33. The van der Waals surface area contributed by atoms with Crippen LogP contribution >= 0.6 is 0 Å². The summed E-state index contributed by atoms with van der Waals surface area (Å²) in [7, 11) is -3.35. The first-order chi connectivity index (χ1) is 14.2. The molecule has 0 spiro atoms. The molecular formula is C23H31N3O3S. The predicted molar refractivity (Wildman–Crippen MR) is 118 cm³/mol. The molecule has 30 heavy (non-hydrogen) atoms. The summed E-state index contributed by atoms with van der Waals surface area (Å²) in [5.74, 6) is 0.158. The third-order valence-electron chi connectivity index (χ3n) is 6.26. The summed E-state index contributed by atoms with van der Waals surface area (Å²) >= 11 is 0. The summed E-state index contributed by atoms with van der Waals surface area (Å²) < 4.78 is 29.4. The summed E-state index contributed by atoms with van der Waals surface area (Å²) in [4.78, 5) is 15.0. The van der Waals surface area contributed by atoms with Crippen molar-refractivity contribution in [3.8, 4) is 0 Å². The van der Waals surface area contributed by atoms with Gasteiger partial charge in [-0.3, -0.25) is 9.69 Å². The molecule has 2 fully saturated rings. The smallest absolute Gasteiger partial charge is 0.218 e. The van der Waals surface area contributed by atoms with Crippen LogP contribution in [0.3, 0.4) is 0 Å². The van der Waals surface area contributed by atoms with Crippen molar-refractivity contribution in [2.24, 2.45) is 0 Å². The van der Waals surface area contributed by atoms with Gasteiger partial charge in [-0.25, -0.2) is 8.42 Å². The van der Waals surface area contributed by atoms with Gasteiger partial charge in [0.25, 0.3) is 0 Å². The molecule has 1 saturated heterocycles. The lowest BCUT2D eigenvalue weighted by atomic mass is 10.1. The first kappa shape index (κ1) is 21.3. The fourth-order valence-corrected chi connectivity index (χ4v) is 5.91. The zero-order valence-electron chi connectivity index (χ0n) is 18.1. The van der Waals surface area contributed by atoms with Crippen LogP contribution in [0.5, 0.6) is 0 Å². The van der Waals surface area contributed by atoms with E-state index in [0.717, 1.165) is 28.1 Å². The topological polar surface area (TPSA) is 62.6 Å². The molecule has 0 amide bonds. The third-order valence-corrected chi connectivity index (χ3v) is 8.11. The molecular weight excluding hydrogens is 398 g/mol. The Kier molecular flexibility index (Phi) is 5.88. The zero-order valence-corrected chi connectivity index (χ0v) is 18.9. The van der Waals surface area contributed by atoms with E-state index in [4.69, 9.17) is 0 Å². The summed E-state index contributed by atoms with van der Waals surface area (Å²) in [6.07, 6.45) is 2.39. The van der Waals surface area contributed by atoms with E-state index < -0.39 is 10.0 Å². The Hall–Kier alpha value is -1.96. The molecule has 4 rings (SSSR count). The molecule has 0 N–H and O–H groups in total. The number of nitrogens with zero attached hydrogens (tertiary/aromatic N) is 3. The Morgan fingerprint density at radius 1 is 1.00 bits per heavy atom. The molecule has 2 aliphatic rings. The van der Waals surface area contributed by atoms with E-state index in [2.05, 4.69) is 16.4 Å². The minimum Gasteiger partial charge on any atom is -0.345 e. The lowest BCUT2D eigenvalue weighted by molar-refractivity contribution is 0.0901. The molecule has 2 aromatic rings. The first-order valence-corrected chi connectivity index (χ1v) is 12.3. The van der Waals surface area contributed by atoms with Crippen LogP contribution in [0.15, 0.2) is 30.3 Å². The molecule has 0 atom stereocenters. The van der Waals surface area contributed by atoms with E-state index in [-0.39, 0.29) is 11.5 Å². The monoisotopic (exact) mass is 429 g/mol. The van der Waals surface area contributed by atoms with Crippen molar-refractivity contribution in [2.45, 2.75) is 45.4 Å². The van der Waals surface area contributed by atoms with Gasteiger partial charge in [-0.15, -0.1) is 0 Å². The predicted octanol–water partition coefficient (Wildman–Crippen LogP) is 3.08. The fourth-order valence-electron chi connectivity index (χ4n) is 4.39. The van der Waals surface area contributed by atoms with E-state index in [1.807, 2.05) is 44.2 Å². The number of piperazine rings is 1. The number of aryl methyl sites for hydroxylation is 2. The number of aromatic nitrogens is 1. The molecule has 0 bridgehead atoms. The van der Waals surface area contributed by atoms with Gasteiger partial charge in [0, 0.05) is 49.2 Å². The van der Waals surface area contributed by atoms with Gasteiger partial charge in [0.05, 0.1) is 12.3 Å². The molecule has 0 unspecified atom stereocenters. The molecule has 1 aliphatic carbocycles. The van der Waals surface area contributed by atoms with Crippen LogP contribution in [0.1, 0.15) is 51.8 Å². The van der Waals surface area contributed by atoms with E-state index >= 15 is 0 Å². The summed E-state index contributed by atoms with van der Waals surface area (Å²) in [5, 5.41) is 0. The highest BCUT2D eigenvalue weighted by Crippen LogP contribution is 2.38. The minimum atomic E-state index is -3.35. The minimum absolute atomic E-state index is 0.0271. The average molecular weight is 430 g/mol. The van der Waals surface area contributed by atoms with Gasteiger partial charge in [-0.1, -0.05) is 29.8 Å². The van der Waals surface area contributed by atoms with E-state index in [1.165, 1.54) is 12.8 Å². The van der Waals surface area contributed by atoms with Gasteiger partial charge < -0.3 is 4.57 Å². The highest BCUT2D eigenvalue weighted by Gasteiger charge is 2.30. The van der Waals surface area contributed by atoms with Crippen molar-refractivity contribution in [3.63, 3.8) is 0 Å². The number of benzene rings is 1. The van der Waals surface area contributed by atoms with Crippen molar-refractivity contribution in [1.29, 1.82) is 0 Å². The maximum atomic E-state index is 12.9. The number of rotatable bonds is 7. The number of Topliss-reactive ketones (excluding diaryl/α,β-unsaturated/α-hetero) is 1. The Morgan fingerprint density at radius 3 is 2.23 bits per heavy atom. The number of ketones is 1. The van der Waals surface area contributed by atoms with Crippen molar-refractivity contribution in [2.75, 3.05) is 32.7 Å². The van der Waals surface area contributed by atoms with Gasteiger partial charge in [-0.05, 0) is 45.2 Å². The van der Waals surface area contributed by atoms with Gasteiger partial charge in [0.2, 0.25) is 10.0 Å². The Labute approximate surface area is 179 Å². The summed E-state index contributed by atoms with van der Waals surface area (Å²) in [6, 6.07) is 10.2. The maximum Gasteiger partial charge on any atom is 0.218 e. The Morgan fingerprint density at radius 2 is 1.63 bits per heavy atom. The largest absolute Gasteiger partial charge is 0.345 e. The highest BCUT2D eigenvalue weighted by atomic mass is 32.2. The molecule has 162 valence electrons. The average Bonchev–Trinajstić information content (AvgIpc) is 3.48. The van der Waals surface area contributed by atoms with Crippen LogP contribution in [-0.4, -0.2) is 60.7 Å². The van der Waals surface area contributed by atoms with Crippen molar-refractivity contribution >= 4 is 15.8 Å². The number of sulfonamides is 1. The molecule has 2 heterocycles. The Bertz CT molecular complexity index is 1030. The van der Waals surface area contributed by atoms with Crippen molar-refractivity contribution in [1.82, 2.24) is 13.8 Å². The van der Waals surface area contributed by atoms with Crippen LogP contribution in [-0.2, 0) is 15.8 Å². The quantitative estimate of drug-likeness (QED) is 0.635. The van der Waals surface area contributed by atoms with Crippen molar-refractivity contribution in [3.05, 3.63) is 58.4 Å². The van der Waals surface area contributed by atoms with Gasteiger partial charge >= 0.3 is 0 Å². The summed E-state index contributed by atoms with van der Waals surface area (Å²) in [6.45, 7) is 8.48. The Balaban J connectivity index is 1.34. The van der Waals surface area contributed by atoms with E-state index in [1.54, 1.807) is 4.31 Å². The van der Waals surface area contributed by atoms with Crippen LogP contribution in [0.4, 0.5) is 0 Å². The third kappa shape index (κ3) is 4.53. The van der Waals surface area contributed by atoms with Crippen LogP contribution in [0, 0.1) is 20.8 Å². The highest BCUT2D eigenvalue weighted by molar-refractivity contribution is 7.88. The van der Waals surface area contributed by atoms with E-state index in [9.17, 15) is 13.2 Å². The second-order valence-corrected chi connectivity index (χ2v) is 10.7. The van der Waals surface area contributed by atoms with Gasteiger partial charge in [0.1, 0.15) is 0 Å². The molecule has 1 aliphatic heterocycles. The van der Waals surface area contributed by atoms with E-state index in [0.29, 0.717) is 38.8 Å². The lowest BCUT2D eigenvalue weighted by Crippen LogP contribution is -2.50. The van der Waals surface area contributed by atoms with Crippen LogP contribution in [0.2, 0.25) is 0 Å². The number of carbonyl (C=O) groups excluding carboxylic acids is 1. The van der Waals surface area contributed by atoms with Crippen molar-refractivity contribution < 1.29 is 13.2 Å². The van der Waals surface area contributed by atoms with Gasteiger partial charge in [-0.2, -0.15) is 4.31 Å². The zero-order chi connectivity index (χ0) is 21.5. The molecule has 1 saturated carbocycles. The van der Waals surface area contributed by atoms with Gasteiger partial charge in [0.15, 0.2) is 5.78 Å². The molecule has 0 radical (unpaired) electrons. The SMILES string of the molecule is Cc1ccc(CS(=O)(=O)N2CCN(CC(=O)c3cc(C)n(C4CC4)c3C)CC2)cc1. The maximum absolute atomic E-state index is 12.9. The molecule has 1 aromatic heterocycles. The van der Waals surface area contributed by atoms with Crippen LogP contribution < -0.4 is 0 Å². The number of hydrogen-bond acceptors (Lipinski definition) is 4. The standard InChI is InChI=1S/C23H31N3O3S/c1-17-4-6-20(7-5-17)16-30(28,29)25-12-10-24(11-13-25)15-23(27)22-14-18(2)26(19(22)3)21-8-9-21/h4-7,14,21H,8-13,15-16H2,1-3H3. The number of carbonyl (C=O) groups is 1. The molecule has 1 aromatic carbocycles. The second-order valence-electron chi connectivity index (χ2n) is 8.73. The molecule has 7 heteroatoms. The second kappa shape index (κ2) is 8.29. The number of hydrogen-bond donors (Lipinski definition) is 0. The summed E-state index contributed by atoms with van der Waals surface area (Å²) in [5.41, 5.74) is 4.97. The molecule has 6 nitrogen and oxygen atoms in total. The fraction of sp³-hybridized carbons (Fsp3) is 0.522.